The maximum Gasteiger partial charge on any atom is 0.238 e. The maximum absolute atomic E-state index is 11.8. The maximum atomic E-state index is 11.8. The molecule has 0 unspecified atom stereocenters. The number of hydrogen-bond donors (Lipinski definition) is 2. The zero-order valence-corrected chi connectivity index (χ0v) is 11.9. The fraction of sp³-hybridized carbons (Fsp3) is 0.500. The van der Waals surface area contributed by atoms with Crippen LogP contribution in [0.15, 0.2) is 24.3 Å². The highest BCUT2D eigenvalue weighted by molar-refractivity contribution is 5.95. The number of carbonyl (C=O) groups excluding carboxylic acids is 1. The fourth-order valence-electron chi connectivity index (χ4n) is 1.51. The minimum absolute atomic E-state index is 0.0285. The van der Waals surface area contributed by atoms with Gasteiger partial charge < -0.3 is 15.5 Å². The molecule has 0 heterocycles. The Labute approximate surface area is 109 Å². The molecular formula is C14H23N3O. The van der Waals surface area contributed by atoms with Gasteiger partial charge in [0, 0.05) is 19.6 Å². The third kappa shape index (κ3) is 4.75. The number of benzene rings is 1. The Morgan fingerprint density at radius 1 is 1.22 bits per heavy atom. The fourth-order valence-corrected chi connectivity index (χ4v) is 1.51. The van der Waals surface area contributed by atoms with Crippen LogP contribution in [0.25, 0.3) is 0 Å². The standard InChI is InChI=1S/C14H23N3O/c1-14(2,3)15-10-13(18)16-11-8-6-7-9-12(11)17(4)5/h6-9,15H,10H2,1-5H3,(H,16,18). The van der Waals surface area contributed by atoms with Crippen molar-refractivity contribution < 1.29 is 4.79 Å². The zero-order chi connectivity index (χ0) is 13.8. The Hall–Kier alpha value is -1.55. The summed E-state index contributed by atoms with van der Waals surface area (Å²) in [5, 5.41) is 6.09. The summed E-state index contributed by atoms with van der Waals surface area (Å²) in [7, 11) is 3.91. The van der Waals surface area contributed by atoms with Crippen molar-refractivity contribution in [1.82, 2.24) is 5.32 Å². The lowest BCUT2D eigenvalue weighted by Crippen LogP contribution is -2.41. The summed E-state index contributed by atoms with van der Waals surface area (Å²) >= 11 is 0. The van der Waals surface area contributed by atoms with Crippen LogP contribution >= 0.6 is 0 Å². The molecule has 0 aromatic heterocycles. The molecule has 4 nitrogen and oxygen atoms in total. The van der Waals surface area contributed by atoms with Crippen molar-refractivity contribution in [2.45, 2.75) is 26.3 Å². The largest absolute Gasteiger partial charge is 0.376 e. The monoisotopic (exact) mass is 249 g/mol. The second-order valence-electron chi connectivity index (χ2n) is 5.56. The van der Waals surface area contributed by atoms with Crippen molar-refractivity contribution in [3.63, 3.8) is 0 Å². The summed E-state index contributed by atoms with van der Waals surface area (Å²) in [5.74, 6) is -0.0285. The van der Waals surface area contributed by atoms with E-state index >= 15 is 0 Å². The number of carbonyl (C=O) groups is 1. The molecule has 0 aliphatic carbocycles. The van der Waals surface area contributed by atoms with Gasteiger partial charge in [-0.05, 0) is 32.9 Å². The van der Waals surface area contributed by atoms with E-state index in [2.05, 4.69) is 10.6 Å². The van der Waals surface area contributed by atoms with Crippen LogP contribution in [0, 0.1) is 0 Å². The lowest BCUT2D eigenvalue weighted by atomic mass is 10.1. The van der Waals surface area contributed by atoms with Gasteiger partial charge in [0.25, 0.3) is 0 Å². The van der Waals surface area contributed by atoms with Gasteiger partial charge >= 0.3 is 0 Å². The molecule has 100 valence electrons. The lowest BCUT2D eigenvalue weighted by Gasteiger charge is -2.21. The number of para-hydroxylation sites is 2. The summed E-state index contributed by atoms with van der Waals surface area (Å²) in [4.78, 5) is 13.8. The summed E-state index contributed by atoms with van der Waals surface area (Å²) in [6.07, 6.45) is 0. The van der Waals surface area contributed by atoms with Crippen molar-refractivity contribution in [2.24, 2.45) is 0 Å². The van der Waals surface area contributed by atoms with Crippen molar-refractivity contribution in [2.75, 3.05) is 30.9 Å². The molecule has 4 heteroatoms. The van der Waals surface area contributed by atoms with E-state index in [0.29, 0.717) is 6.54 Å². The van der Waals surface area contributed by atoms with E-state index in [0.717, 1.165) is 11.4 Å². The predicted octanol–water partition coefficient (Wildman–Crippen LogP) is 2.08. The van der Waals surface area contributed by atoms with Gasteiger partial charge in [-0.2, -0.15) is 0 Å². The Bertz CT molecular complexity index is 408. The van der Waals surface area contributed by atoms with E-state index < -0.39 is 0 Å². The predicted molar refractivity (Wildman–Crippen MR) is 77.2 cm³/mol. The summed E-state index contributed by atoms with van der Waals surface area (Å²) in [6, 6.07) is 7.76. The topological polar surface area (TPSA) is 44.4 Å². The molecule has 1 aromatic rings. The van der Waals surface area contributed by atoms with Crippen molar-refractivity contribution in [3.8, 4) is 0 Å². The number of nitrogens with one attached hydrogen (secondary N) is 2. The molecule has 0 aliphatic heterocycles. The van der Waals surface area contributed by atoms with Crippen LogP contribution < -0.4 is 15.5 Å². The second kappa shape index (κ2) is 5.87. The van der Waals surface area contributed by atoms with Gasteiger partial charge in [0.05, 0.1) is 17.9 Å². The van der Waals surface area contributed by atoms with Gasteiger partial charge in [-0.15, -0.1) is 0 Å². The number of hydrogen-bond acceptors (Lipinski definition) is 3. The van der Waals surface area contributed by atoms with E-state index in [4.69, 9.17) is 0 Å². The molecule has 0 saturated heterocycles. The molecule has 2 N–H and O–H groups in total. The van der Waals surface area contributed by atoms with Gasteiger partial charge in [0.1, 0.15) is 0 Å². The summed E-state index contributed by atoms with van der Waals surface area (Å²) in [5.41, 5.74) is 1.78. The van der Waals surface area contributed by atoms with Gasteiger partial charge in [0.15, 0.2) is 0 Å². The Balaban J connectivity index is 2.65. The molecule has 1 rings (SSSR count). The van der Waals surface area contributed by atoms with E-state index in [1.54, 1.807) is 0 Å². The van der Waals surface area contributed by atoms with Gasteiger partial charge in [0.2, 0.25) is 5.91 Å². The van der Waals surface area contributed by atoms with Crippen LogP contribution in [-0.2, 0) is 4.79 Å². The van der Waals surface area contributed by atoms with Gasteiger partial charge in [-0.25, -0.2) is 0 Å². The van der Waals surface area contributed by atoms with Crippen molar-refractivity contribution in [3.05, 3.63) is 24.3 Å². The molecule has 18 heavy (non-hydrogen) atoms. The first-order valence-corrected chi connectivity index (χ1v) is 6.11. The van der Waals surface area contributed by atoms with E-state index in [1.165, 1.54) is 0 Å². The van der Waals surface area contributed by atoms with Crippen molar-refractivity contribution >= 4 is 17.3 Å². The summed E-state index contributed by atoms with van der Waals surface area (Å²) in [6.45, 7) is 6.42. The molecule has 0 radical (unpaired) electrons. The number of nitrogens with zero attached hydrogens (tertiary/aromatic N) is 1. The van der Waals surface area contributed by atoms with Crippen molar-refractivity contribution in [1.29, 1.82) is 0 Å². The van der Waals surface area contributed by atoms with E-state index in [9.17, 15) is 4.79 Å². The first-order valence-electron chi connectivity index (χ1n) is 6.11. The first-order chi connectivity index (χ1) is 8.29. The average Bonchev–Trinajstić information content (AvgIpc) is 2.26. The molecule has 0 bridgehead atoms. The van der Waals surface area contributed by atoms with Gasteiger partial charge in [-0.3, -0.25) is 4.79 Å². The average molecular weight is 249 g/mol. The number of amides is 1. The number of anilines is 2. The highest BCUT2D eigenvalue weighted by atomic mass is 16.1. The second-order valence-corrected chi connectivity index (χ2v) is 5.56. The third-order valence-electron chi connectivity index (χ3n) is 2.44. The normalized spacial score (nSPS) is 11.2. The third-order valence-corrected chi connectivity index (χ3v) is 2.44. The van der Waals surface area contributed by atoms with Crippen LogP contribution in [-0.4, -0.2) is 32.1 Å². The molecule has 1 aromatic carbocycles. The number of rotatable bonds is 4. The SMILES string of the molecule is CN(C)c1ccccc1NC(=O)CNC(C)(C)C. The molecule has 0 aliphatic rings. The smallest absolute Gasteiger partial charge is 0.238 e. The first kappa shape index (κ1) is 14.5. The van der Waals surface area contributed by atoms with E-state index in [-0.39, 0.29) is 11.4 Å². The highest BCUT2D eigenvalue weighted by Gasteiger charge is 2.12. The molecule has 0 saturated carbocycles. The van der Waals surface area contributed by atoms with Gasteiger partial charge in [-0.1, -0.05) is 12.1 Å². The van der Waals surface area contributed by atoms with Crippen LogP contribution in [0.1, 0.15) is 20.8 Å². The Morgan fingerprint density at radius 3 is 2.39 bits per heavy atom. The molecular weight excluding hydrogens is 226 g/mol. The van der Waals surface area contributed by atoms with E-state index in [1.807, 2.05) is 64.0 Å². The van der Waals surface area contributed by atoms with Crippen LogP contribution in [0.5, 0.6) is 0 Å². The highest BCUT2D eigenvalue weighted by Crippen LogP contribution is 2.23. The minimum atomic E-state index is -0.0571. The summed E-state index contributed by atoms with van der Waals surface area (Å²) < 4.78 is 0. The molecule has 0 fully saturated rings. The Kier molecular flexibility index (Phi) is 4.73. The Morgan fingerprint density at radius 2 is 1.83 bits per heavy atom. The van der Waals surface area contributed by atoms with Crippen LogP contribution in [0.4, 0.5) is 11.4 Å². The lowest BCUT2D eigenvalue weighted by molar-refractivity contribution is -0.115. The molecule has 1 amide bonds. The zero-order valence-electron chi connectivity index (χ0n) is 11.9. The van der Waals surface area contributed by atoms with Crippen LogP contribution in [0.2, 0.25) is 0 Å². The molecule has 0 spiro atoms. The van der Waals surface area contributed by atoms with Crippen LogP contribution in [0.3, 0.4) is 0 Å². The minimum Gasteiger partial charge on any atom is -0.376 e. The quantitative estimate of drug-likeness (QED) is 0.858. The molecule has 0 atom stereocenters.